The summed E-state index contributed by atoms with van der Waals surface area (Å²) in [6.07, 6.45) is 3.91. The van der Waals surface area contributed by atoms with Crippen molar-refractivity contribution in [2.75, 3.05) is 11.9 Å². The van der Waals surface area contributed by atoms with Crippen molar-refractivity contribution in [2.45, 2.75) is 51.5 Å². The maximum atomic E-state index is 13.0. The first-order chi connectivity index (χ1) is 14.4. The first-order valence-electron chi connectivity index (χ1n) is 10.4. The second kappa shape index (κ2) is 9.57. The molecule has 30 heavy (non-hydrogen) atoms. The zero-order chi connectivity index (χ0) is 21.6. The lowest BCUT2D eigenvalue weighted by atomic mass is 9.81. The van der Waals surface area contributed by atoms with Crippen LogP contribution in [0.25, 0.3) is 0 Å². The molecule has 2 aromatic rings. The van der Waals surface area contributed by atoms with Crippen LogP contribution in [0.1, 0.15) is 65.3 Å². The van der Waals surface area contributed by atoms with Crippen LogP contribution < -0.4 is 10.6 Å². The molecule has 0 aromatic heterocycles. The fourth-order valence-corrected chi connectivity index (χ4v) is 3.78. The van der Waals surface area contributed by atoms with Crippen molar-refractivity contribution in [1.82, 2.24) is 5.32 Å². The molecule has 3 rings (SSSR count). The van der Waals surface area contributed by atoms with Crippen LogP contribution in [0.4, 0.5) is 5.69 Å². The van der Waals surface area contributed by atoms with Crippen molar-refractivity contribution >= 4 is 23.5 Å². The normalized spacial score (nSPS) is 15.1. The summed E-state index contributed by atoms with van der Waals surface area (Å²) in [7, 11) is 0. The quantitative estimate of drug-likeness (QED) is 0.700. The highest BCUT2D eigenvalue weighted by molar-refractivity contribution is 6.06. The molecule has 2 aromatic carbocycles. The van der Waals surface area contributed by atoms with E-state index in [4.69, 9.17) is 4.74 Å². The molecule has 0 aliphatic heterocycles. The number of aryl methyl sites for hydroxylation is 1. The number of nitrogens with one attached hydrogen (secondary N) is 2. The average molecular weight is 408 g/mol. The molecule has 0 atom stereocenters. The average Bonchev–Trinajstić information content (AvgIpc) is 2.76. The summed E-state index contributed by atoms with van der Waals surface area (Å²) in [6, 6.07) is 14.0. The summed E-state index contributed by atoms with van der Waals surface area (Å²) < 4.78 is 5.26. The molecule has 0 unspecified atom stereocenters. The van der Waals surface area contributed by atoms with Gasteiger partial charge < -0.3 is 15.4 Å². The molecule has 1 fully saturated rings. The number of ether oxygens (including phenoxy) is 1. The highest BCUT2D eigenvalue weighted by Gasteiger charge is 2.42. The predicted molar refractivity (Wildman–Crippen MR) is 115 cm³/mol. The molecule has 0 saturated heterocycles. The molecule has 2 N–H and O–H groups in total. The van der Waals surface area contributed by atoms with Gasteiger partial charge in [0.05, 0.1) is 6.61 Å². The van der Waals surface area contributed by atoms with E-state index in [1.807, 2.05) is 13.0 Å². The van der Waals surface area contributed by atoms with Gasteiger partial charge in [-0.1, -0.05) is 43.5 Å². The van der Waals surface area contributed by atoms with Crippen LogP contribution in [-0.4, -0.2) is 29.9 Å². The minimum atomic E-state index is -0.982. The number of benzene rings is 2. The zero-order valence-corrected chi connectivity index (χ0v) is 17.5. The first kappa shape index (κ1) is 21.6. The van der Waals surface area contributed by atoms with E-state index in [9.17, 15) is 14.4 Å². The molecule has 0 bridgehead atoms. The number of amides is 2. The summed E-state index contributed by atoms with van der Waals surface area (Å²) in [5, 5.41) is 5.81. The van der Waals surface area contributed by atoms with E-state index in [1.54, 1.807) is 49.4 Å². The number of hydrogen-bond acceptors (Lipinski definition) is 4. The molecular formula is C24H28N2O4. The lowest BCUT2D eigenvalue weighted by Gasteiger charge is -2.35. The minimum absolute atomic E-state index is 0.244. The van der Waals surface area contributed by atoms with Gasteiger partial charge in [-0.2, -0.15) is 0 Å². The summed E-state index contributed by atoms with van der Waals surface area (Å²) in [6.45, 7) is 3.90. The molecule has 6 nitrogen and oxygen atoms in total. The van der Waals surface area contributed by atoms with Crippen LogP contribution in [0.15, 0.2) is 48.5 Å². The summed E-state index contributed by atoms with van der Waals surface area (Å²) in [5.74, 6) is -0.963. The van der Waals surface area contributed by atoms with E-state index in [0.717, 1.165) is 24.8 Å². The van der Waals surface area contributed by atoms with Crippen molar-refractivity contribution in [3.05, 3.63) is 65.2 Å². The topological polar surface area (TPSA) is 84.5 Å². The fourth-order valence-electron chi connectivity index (χ4n) is 3.78. The number of esters is 1. The standard InChI is InChI=1S/C24H28N2O4/c1-3-30-23(29)24(14-8-5-9-15-24)26-22(28)19-13-12-17(2)20(16-19)25-21(27)18-10-6-4-7-11-18/h4,6-7,10-13,16H,3,5,8-9,14-15H2,1-2H3,(H,25,27)(H,26,28). The molecular weight excluding hydrogens is 380 g/mol. The maximum absolute atomic E-state index is 13.0. The summed E-state index contributed by atoms with van der Waals surface area (Å²) >= 11 is 0. The van der Waals surface area contributed by atoms with Gasteiger partial charge in [-0.3, -0.25) is 9.59 Å². The molecule has 1 aliphatic carbocycles. The van der Waals surface area contributed by atoms with Crippen LogP contribution in [0, 0.1) is 6.92 Å². The maximum Gasteiger partial charge on any atom is 0.331 e. The molecule has 1 aliphatic rings. The van der Waals surface area contributed by atoms with Crippen molar-refractivity contribution in [2.24, 2.45) is 0 Å². The van der Waals surface area contributed by atoms with Crippen molar-refractivity contribution in [3.8, 4) is 0 Å². The first-order valence-corrected chi connectivity index (χ1v) is 10.4. The van der Waals surface area contributed by atoms with Gasteiger partial charge in [0.2, 0.25) is 0 Å². The Bertz CT molecular complexity index is 918. The van der Waals surface area contributed by atoms with Crippen LogP contribution in [0.5, 0.6) is 0 Å². The third kappa shape index (κ3) is 4.87. The Kier molecular flexibility index (Phi) is 6.87. The van der Waals surface area contributed by atoms with Crippen LogP contribution in [0.2, 0.25) is 0 Å². The fraction of sp³-hybridized carbons (Fsp3) is 0.375. The van der Waals surface area contributed by atoms with E-state index in [1.165, 1.54) is 0 Å². The molecule has 0 spiro atoms. The molecule has 2 amide bonds. The van der Waals surface area contributed by atoms with E-state index in [2.05, 4.69) is 10.6 Å². The van der Waals surface area contributed by atoms with Crippen molar-refractivity contribution in [3.63, 3.8) is 0 Å². The molecule has 158 valence electrons. The highest BCUT2D eigenvalue weighted by atomic mass is 16.5. The molecule has 0 heterocycles. The smallest absolute Gasteiger partial charge is 0.331 e. The lowest BCUT2D eigenvalue weighted by molar-refractivity contribution is -0.152. The molecule has 6 heteroatoms. The van der Waals surface area contributed by atoms with Crippen molar-refractivity contribution in [1.29, 1.82) is 0 Å². The third-order valence-corrected chi connectivity index (χ3v) is 5.51. The van der Waals surface area contributed by atoms with Gasteiger partial charge in [0, 0.05) is 16.8 Å². The van der Waals surface area contributed by atoms with E-state index < -0.39 is 5.54 Å². The number of carbonyl (C=O) groups is 3. The second-order valence-corrected chi connectivity index (χ2v) is 7.67. The Balaban J connectivity index is 1.79. The Labute approximate surface area is 177 Å². The van der Waals surface area contributed by atoms with Crippen LogP contribution in [-0.2, 0) is 9.53 Å². The largest absolute Gasteiger partial charge is 0.464 e. The van der Waals surface area contributed by atoms with E-state index >= 15 is 0 Å². The predicted octanol–water partition coefficient (Wildman–Crippen LogP) is 4.24. The highest BCUT2D eigenvalue weighted by Crippen LogP contribution is 2.30. The monoisotopic (exact) mass is 408 g/mol. The minimum Gasteiger partial charge on any atom is -0.464 e. The van der Waals surface area contributed by atoms with Gasteiger partial charge in [0.1, 0.15) is 5.54 Å². The van der Waals surface area contributed by atoms with Gasteiger partial charge in [-0.25, -0.2) is 4.79 Å². The van der Waals surface area contributed by atoms with Gasteiger partial charge >= 0.3 is 5.97 Å². The van der Waals surface area contributed by atoms with Gasteiger partial charge in [-0.05, 0) is 56.5 Å². The van der Waals surface area contributed by atoms with Crippen LogP contribution >= 0.6 is 0 Å². The number of rotatable bonds is 6. The Morgan fingerprint density at radius 3 is 2.30 bits per heavy atom. The zero-order valence-electron chi connectivity index (χ0n) is 17.5. The van der Waals surface area contributed by atoms with Crippen molar-refractivity contribution < 1.29 is 19.1 Å². The van der Waals surface area contributed by atoms with E-state index in [0.29, 0.717) is 29.7 Å². The SMILES string of the molecule is CCOC(=O)C1(NC(=O)c2ccc(C)c(NC(=O)c3ccccc3)c2)CCCCC1. The van der Waals surface area contributed by atoms with E-state index in [-0.39, 0.29) is 24.4 Å². The number of carbonyl (C=O) groups excluding carboxylic acids is 3. The summed E-state index contributed by atoms with van der Waals surface area (Å²) in [5.41, 5.74) is 1.34. The molecule has 0 radical (unpaired) electrons. The van der Waals surface area contributed by atoms with Gasteiger partial charge in [0.25, 0.3) is 11.8 Å². The summed E-state index contributed by atoms with van der Waals surface area (Å²) in [4.78, 5) is 38.1. The Morgan fingerprint density at radius 2 is 1.63 bits per heavy atom. The van der Waals surface area contributed by atoms with Gasteiger partial charge in [0.15, 0.2) is 0 Å². The Morgan fingerprint density at radius 1 is 0.933 bits per heavy atom. The number of anilines is 1. The van der Waals surface area contributed by atoms with Gasteiger partial charge in [-0.15, -0.1) is 0 Å². The lowest BCUT2D eigenvalue weighted by Crippen LogP contribution is -2.56. The second-order valence-electron chi connectivity index (χ2n) is 7.67. The Hall–Kier alpha value is -3.15. The molecule has 1 saturated carbocycles. The number of hydrogen-bond donors (Lipinski definition) is 2. The van der Waals surface area contributed by atoms with Crippen LogP contribution in [0.3, 0.4) is 0 Å². The third-order valence-electron chi connectivity index (χ3n) is 5.51.